The third-order valence-electron chi connectivity index (χ3n) is 5.87. The van der Waals surface area contributed by atoms with Crippen molar-refractivity contribution in [3.05, 3.63) is 71.7 Å². The van der Waals surface area contributed by atoms with Gasteiger partial charge in [0.2, 0.25) is 5.91 Å². The summed E-state index contributed by atoms with van der Waals surface area (Å²) in [4.78, 5) is 29.8. The largest absolute Gasteiger partial charge is 0.361 e. The van der Waals surface area contributed by atoms with Crippen LogP contribution in [0.2, 0.25) is 0 Å². The van der Waals surface area contributed by atoms with E-state index in [1.165, 1.54) is 35.2 Å². The molecule has 1 aliphatic rings. The van der Waals surface area contributed by atoms with Crippen LogP contribution >= 0.6 is 0 Å². The van der Waals surface area contributed by atoms with Crippen LogP contribution < -0.4 is 5.32 Å². The molecule has 6 heteroatoms. The van der Waals surface area contributed by atoms with Crippen molar-refractivity contribution in [3.63, 3.8) is 0 Å². The molecule has 2 N–H and O–H groups in total. The molecule has 0 unspecified atom stereocenters. The second-order valence-electron chi connectivity index (χ2n) is 7.81. The number of piperidine rings is 1. The molecule has 0 saturated carbocycles. The van der Waals surface area contributed by atoms with Crippen molar-refractivity contribution < 1.29 is 14.0 Å². The number of nitrogens with zero attached hydrogens (tertiary/aromatic N) is 1. The molecule has 0 atom stereocenters. The van der Waals surface area contributed by atoms with Gasteiger partial charge in [0.15, 0.2) is 0 Å². The predicted octanol–water partition coefficient (Wildman–Crippen LogP) is 4.22. The molecule has 2 amide bonds. The van der Waals surface area contributed by atoms with E-state index in [2.05, 4.69) is 34.7 Å². The van der Waals surface area contributed by atoms with Gasteiger partial charge in [-0.1, -0.05) is 18.2 Å². The Morgan fingerprint density at radius 2 is 1.80 bits per heavy atom. The third-order valence-corrected chi connectivity index (χ3v) is 5.87. The number of amides is 2. The van der Waals surface area contributed by atoms with E-state index in [0.717, 1.165) is 31.4 Å². The predicted molar refractivity (Wildman–Crippen MR) is 115 cm³/mol. The smallest absolute Gasteiger partial charge is 0.251 e. The fourth-order valence-electron chi connectivity index (χ4n) is 4.17. The molecule has 0 spiro atoms. The van der Waals surface area contributed by atoms with Crippen molar-refractivity contribution >= 4 is 22.7 Å². The molecule has 0 aliphatic carbocycles. The highest BCUT2D eigenvalue weighted by Crippen LogP contribution is 2.33. The Labute approximate surface area is 175 Å². The molecule has 156 valence electrons. The quantitative estimate of drug-likeness (QED) is 0.601. The lowest BCUT2D eigenvalue weighted by atomic mass is 9.89. The molecule has 2 heterocycles. The number of aromatic amines is 1. The minimum absolute atomic E-state index is 0.142. The van der Waals surface area contributed by atoms with Gasteiger partial charge in [0.05, 0.1) is 0 Å². The Hall–Kier alpha value is -3.15. The normalized spacial score (nSPS) is 14.8. The van der Waals surface area contributed by atoms with Crippen LogP contribution in [0.3, 0.4) is 0 Å². The van der Waals surface area contributed by atoms with Crippen molar-refractivity contribution in [3.8, 4) is 0 Å². The SMILES string of the molecule is O=C(NCCCC(=O)N1CCC(c2c[nH]c3ccccc23)CC1)c1ccc(F)cc1. The molecule has 5 nitrogen and oxygen atoms in total. The molecule has 0 bridgehead atoms. The summed E-state index contributed by atoms with van der Waals surface area (Å²) in [6, 6.07) is 13.8. The number of fused-ring (bicyclic) bond motifs is 1. The lowest BCUT2D eigenvalue weighted by Crippen LogP contribution is -2.38. The lowest BCUT2D eigenvalue weighted by Gasteiger charge is -2.32. The van der Waals surface area contributed by atoms with Crippen molar-refractivity contribution in [2.45, 2.75) is 31.6 Å². The molecule has 3 aromatic rings. The van der Waals surface area contributed by atoms with Gasteiger partial charge in [-0.3, -0.25) is 9.59 Å². The van der Waals surface area contributed by atoms with E-state index in [-0.39, 0.29) is 17.6 Å². The van der Waals surface area contributed by atoms with Gasteiger partial charge in [-0.05, 0) is 61.1 Å². The summed E-state index contributed by atoms with van der Waals surface area (Å²) >= 11 is 0. The van der Waals surface area contributed by atoms with E-state index in [0.29, 0.717) is 30.9 Å². The Balaban J connectivity index is 1.20. The molecule has 0 radical (unpaired) electrons. The maximum Gasteiger partial charge on any atom is 0.251 e. The molecular formula is C24H26FN3O2. The van der Waals surface area contributed by atoms with E-state index >= 15 is 0 Å². The molecule has 4 rings (SSSR count). The van der Waals surface area contributed by atoms with Crippen LogP contribution in [0, 0.1) is 5.82 Å². The first kappa shape index (κ1) is 20.1. The number of hydrogen-bond donors (Lipinski definition) is 2. The zero-order valence-corrected chi connectivity index (χ0v) is 16.9. The van der Waals surface area contributed by atoms with E-state index in [1.807, 2.05) is 11.0 Å². The van der Waals surface area contributed by atoms with Crippen LogP contribution in [0.5, 0.6) is 0 Å². The lowest BCUT2D eigenvalue weighted by molar-refractivity contribution is -0.132. The first-order chi connectivity index (χ1) is 14.6. The Morgan fingerprint density at radius 1 is 1.07 bits per heavy atom. The van der Waals surface area contributed by atoms with Crippen molar-refractivity contribution in [2.75, 3.05) is 19.6 Å². The standard InChI is InChI=1S/C24H26FN3O2/c25-19-9-7-18(8-10-19)24(30)26-13-3-6-23(29)28-14-11-17(12-15-28)21-16-27-22-5-2-1-4-20(21)22/h1-2,4-5,7-10,16-17,27H,3,6,11-15H2,(H,26,30). The van der Waals surface area contributed by atoms with Crippen molar-refractivity contribution in [1.82, 2.24) is 15.2 Å². The highest BCUT2D eigenvalue weighted by Gasteiger charge is 2.25. The molecule has 30 heavy (non-hydrogen) atoms. The summed E-state index contributed by atoms with van der Waals surface area (Å²) in [7, 11) is 0. The van der Waals surface area contributed by atoms with Gasteiger partial charge in [-0.2, -0.15) is 0 Å². The van der Waals surface area contributed by atoms with Crippen LogP contribution in [0.4, 0.5) is 4.39 Å². The number of likely N-dealkylation sites (tertiary alicyclic amines) is 1. The minimum atomic E-state index is -0.370. The minimum Gasteiger partial charge on any atom is -0.361 e. The number of para-hydroxylation sites is 1. The summed E-state index contributed by atoms with van der Waals surface area (Å²) in [5.41, 5.74) is 2.93. The van der Waals surface area contributed by atoms with Crippen molar-refractivity contribution in [2.24, 2.45) is 0 Å². The van der Waals surface area contributed by atoms with Crippen LogP contribution in [-0.2, 0) is 4.79 Å². The van der Waals surface area contributed by atoms with Gasteiger partial charge in [-0.15, -0.1) is 0 Å². The fourth-order valence-corrected chi connectivity index (χ4v) is 4.17. The number of hydrogen-bond acceptors (Lipinski definition) is 2. The molecule has 2 aromatic carbocycles. The highest BCUT2D eigenvalue weighted by molar-refractivity contribution is 5.94. The first-order valence-corrected chi connectivity index (χ1v) is 10.5. The van der Waals surface area contributed by atoms with Gasteiger partial charge in [0.1, 0.15) is 5.82 Å². The average Bonchev–Trinajstić information content (AvgIpc) is 3.21. The highest BCUT2D eigenvalue weighted by atomic mass is 19.1. The molecular weight excluding hydrogens is 381 g/mol. The van der Waals surface area contributed by atoms with E-state index in [9.17, 15) is 14.0 Å². The zero-order valence-electron chi connectivity index (χ0n) is 16.9. The summed E-state index contributed by atoms with van der Waals surface area (Å²) in [6.45, 7) is 1.96. The molecule has 1 fully saturated rings. The third kappa shape index (κ3) is 4.53. The van der Waals surface area contributed by atoms with E-state index < -0.39 is 0 Å². The first-order valence-electron chi connectivity index (χ1n) is 10.5. The molecule has 1 aromatic heterocycles. The summed E-state index contributed by atoms with van der Waals surface area (Å²) in [5.74, 6) is -0.00351. The Kier molecular flexibility index (Phi) is 6.12. The second-order valence-corrected chi connectivity index (χ2v) is 7.81. The van der Waals surface area contributed by atoms with Gasteiger partial charge in [0, 0.05) is 48.7 Å². The number of benzene rings is 2. The molecule has 1 saturated heterocycles. The average molecular weight is 407 g/mol. The van der Waals surface area contributed by atoms with Gasteiger partial charge < -0.3 is 15.2 Å². The van der Waals surface area contributed by atoms with E-state index in [4.69, 9.17) is 0 Å². The van der Waals surface area contributed by atoms with Crippen LogP contribution in [0.15, 0.2) is 54.7 Å². The van der Waals surface area contributed by atoms with Gasteiger partial charge in [0.25, 0.3) is 5.91 Å². The number of rotatable bonds is 6. The van der Waals surface area contributed by atoms with Crippen LogP contribution in [-0.4, -0.2) is 41.3 Å². The van der Waals surface area contributed by atoms with Crippen LogP contribution in [0.1, 0.15) is 47.5 Å². The van der Waals surface area contributed by atoms with Crippen molar-refractivity contribution in [1.29, 1.82) is 0 Å². The maximum absolute atomic E-state index is 12.9. The molecule has 1 aliphatic heterocycles. The van der Waals surface area contributed by atoms with Gasteiger partial charge >= 0.3 is 0 Å². The monoisotopic (exact) mass is 407 g/mol. The second kappa shape index (κ2) is 9.11. The number of carbonyl (C=O) groups is 2. The van der Waals surface area contributed by atoms with Gasteiger partial charge in [-0.25, -0.2) is 4.39 Å². The number of carbonyl (C=O) groups excluding carboxylic acids is 2. The Morgan fingerprint density at radius 3 is 2.57 bits per heavy atom. The Bertz CT molecular complexity index is 1020. The summed E-state index contributed by atoms with van der Waals surface area (Å²) in [6.07, 6.45) is 5.05. The topological polar surface area (TPSA) is 65.2 Å². The van der Waals surface area contributed by atoms with Crippen LogP contribution in [0.25, 0.3) is 10.9 Å². The fraction of sp³-hybridized carbons (Fsp3) is 0.333. The number of H-pyrrole nitrogens is 1. The van der Waals surface area contributed by atoms with E-state index in [1.54, 1.807) is 0 Å². The summed E-state index contributed by atoms with van der Waals surface area (Å²) < 4.78 is 12.9. The summed E-state index contributed by atoms with van der Waals surface area (Å²) in [5, 5.41) is 4.06. The zero-order chi connectivity index (χ0) is 20.9. The number of halogens is 1. The maximum atomic E-state index is 12.9. The number of aromatic nitrogens is 1. The number of nitrogens with one attached hydrogen (secondary N) is 2.